The molecule has 4 rings (SSSR count). The molecule has 0 radical (unpaired) electrons. The van der Waals surface area contributed by atoms with Crippen LogP contribution in [0.2, 0.25) is 0 Å². The Hall–Kier alpha value is -2.47. The van der Waals surface area contributed by atoms with Crippen LogP contribution in [0, 0.1) is 5.82 Å². The molecule has 1 saturated heterocycles. The summed E-state index contributed by atoms with van der Waals surface area (Å²) in [5, 5.41) is 2.05. The summed E-state index contributed by atoms with van der Waals surface area (Å²) in [6, 6.07) is 10.7. The minimum absolute atomic E-state index is 0.117. The molecule has 134 valence electrons. The number of halogens is 1. The molecular weight excluding hydrogens is 351 g/mol. The van der Waals surface area contributed by atoms with Crippen LogP contribution in [-0.4, -0.2) is 22.3 Å². The first kappa shape index (κ1) is 17.0. The van der Waals surface area contributed by atoms with E-state index >= 15 is 0 Å². The van der Waals surface area contributed by atoms with E-state index in [1.807, 2.05) is 16.3 Å². The number of benzene rings is 1. The predicted octanol–water partition coefficient (Wildman–Crippen LogP) is 4.84. The van der Waals surface area contributed by atoms with E-state index in [1.165, 1.54) is 17.1 Å². The largest absolute Gasteiger partial charge is 0.441 e. The van der Waals surface area contributed by atoms with Gasteiger partial charge in [0.15, 0.2) is 11.7 Å². The number of aryl methyl sites for hydroxylation is 1. The summed E-state index contributed by atoms with van der Waals surface area (Å²) in [5.74, 6) is 0.625. The van der Waals surface area contributed by atoms with Crippen LogP contribution in [0.3, 0.4) is 0 Å². The fraction of sp³-hybridized carbons (Fsp3) is 0.300. The van der Waals surface area contributed by atoms with Gasteiger partial charge in [-0.3, -0.25) is 4.79 Å². The number of rotatable bonds is 5. The Morgan fingerprint density at radius 2 is 2.19 bits per heavy atom. The lowest BCUT2D eigenvalue weighted by Crippen LogP contribution is -2.30. The zero-order valence-electron chi connectivity index (χ0n) is 14.2. The first-order valence-corrected chi connectivity index (χ1v) is 9.63. The number of likely N-dealkylation sites (tertiary alicyclic amines) is 1. The number of amides is 1. The van der Waals surface area contributed by atoms with Crippen molar-refractivity contribution in [2.75, 3.05) is 6.54 Å². The van der Waals surface area contributed by atoms with Crippen molar-refractivity contribution < 1.29 is 13.6 Å². The number of nitrogens with zero attached hydrogens (tertiary/aromatic N) is 2. The highest BCUT2D eigenvalue weighted by molar-refractivity contribution is 7.10. The van der Waals surface area contributed by atoms with E-state index < -0.39 is 0 Å². The minimum atomic E-state index is -0.345. The summed E-state index contributed by atoms with van der Waals surface area (Å²) in [6.45, 7) is 0.799. The zero-order valence-corrected chi connectivity index (χ0v) is 15.0. The first-order chi connectivity index (χ1) is 12.7. The third-order valence-corrected chi connectivity index (χ3v) is 5.66. The van der Waals surface area contributed by atoms with Crippen molar-refractivity contribution in [2.24, 2.45) is 0 Å². The molecule has 26 heavy (non-hydrogen) atoms. The molecule has 3 heterocycles. The normalized spacial score (nSPS) is 17.0. The number of hydrogen-bond acceptors (Lipinski definition) is 4. The highest BCUT2D eigenvalue weighted by atomic mass is 32.1. The van der Waals surface area contributed by atoms with Crippen LogP contribution >= 0.6 is 11.3 Å². The van der Waals surface area contributed by atoms with Crippen molar-refractivity contribution in [1.29, 1.82) is 0 Å². The van der Waals surface area contributed by atoms with Crippen molar-refractivity contribution in [3.8, 4) is 11.3 Å². The molecule has 1 aliphatic rings. The summed E-state index contributed by atoms with van der Waals surface area (Å²) in [6.07, 6.45) is 4.33. The Kier molecular flexibility index (Phi) is 4.84. The van der Waals surface area contributed by atoms with Gasteiger partial charge in [0, 0.05) is 24.3 Å². The van der Waals surface area contributed by atoms with Crippen LogP contribution < -0.4 is 0 Å². The highest BCUT2D eigenvalue weighted by Crippen LogP contribution is 2.35. The van der Waals surface area contributed by atoms with Gasteiger partial charge in [0.05, 0.1) is 17.8 Å². The van der Waals surface area contributed by atoms with Gasteiger partial charge in [-0.05, 0) is 36.4 Å². The van der Waals surface area contributed by atoms with Crippen molar-refractivity contribution in [3.63, 3.8) is 0 Å². The van der Waals surface area contributed by atoms with Crippen molar-refractivity contribution in [2.45, 2.75) is 31.7 Å². The van der Waals surface area contributed by atoms with Crippen LogP contribution in [-0.2, 0) is 11.2 Å². The van der Waals surface area contributed by atoms with Crippen LogP contribution in [0.15, 0.2) is 52.4 Å². The average molecular weight is 370 g/mol. The molecular formula is C20H19FN2O2S. The number of oxazole rings is 1. The van der Waals surface area contributed by atoms with Gasteiger partial charge in [0.1, 0.15) is 5.82 Å². The Morgan fingerprint density at radius 1 is 1.31 bits per heavy atom. The summed E-state index contributed by atoms with van der Waals surface area (Å²) < 4.78 is 19.5. The Labute approximate surface area is 155 Å². The Balaban J connectivity index is 1.40. The molecule has 2 aromatic heterocycles. The molecule has 3 aromatic rings. The fourth-order valence-electron chi connectivity index (χ4n) is 3.41. The van der Waals surface area contributed by atoms with Crippen LogP contribution in [0.5, 0.6) is 0 Å². The maximum Gasteiger partial charge on any atom is 0.223 e. The first-order valence-electron chi connectivity index (χ1n) is 8.75. The lowest BCUT2D eigenvalue weighted by molar-refractivity contribution is -0.132. The van der Waals surface area contributed by atoms with Gasteiger partial charge in [-0.1, -0.05) is 18.2 Å². The standard InChI is InChI=1S/C20H19FN2O2S/c21-15-6-2-1-5-14(15)17-13-22-19(25-17)9-10-20(24)23-11-3-7-16(23)18-8-4-12-26-18/h1-2,4-6,8,12-13,16H,3,7,9-11H2. The molecule has 6 heteroatoms. The summed E-state index contributed by atoms with van der Waals surface area (Å²) in [4.78, 5) is 20.1. The van der Waals surface area contributed by atoms with Gasteiger partial charge in [0.2, 0.25) is 5.91 Å². The Bertz CT molecular complexity index is 891. The second-order valence-electron chi connectivity index (χ2n) is 6.36. The average Bonchev–Trinajstić information content (AvgIpc) is 3.40. The van der Waals surface area contributed by atoms with E-state index in [-0.39, 0.29) is 17.8 Å². The molecule has 0 bridgehead atoms. The van der Waals surface area contributed by atoms with Crippen LogP contribution in [0.25, 0.3) is 11.3 Å². The van der Waals surface area contributed by atoms with Gasteiger partial charge >= 0.3 is 0 Å². The molecule has 1 aromatic carbocycles. The van der Waals surface area contributed by atoms with E-state index in [0.717, 1.165) is 19.4 Å². The van der Waals surface area contributed by atoms with E-state index in [4.69, 9.17) is 4.42 Å². The van der Waals surface area contributed by atoms with E-state index in [1.54, 1.807) is 29.5 Å². The van der Waals surface area contributed by atoms with Gasteiger partial charge in [-0.2, -0.15) is 0 Å². The Morgan fingerprint density at radius 3 is 3.00 bits per heavy atom. The molecule has 0 spiro atoms. The molecule has 1 unspecified atom stereocenters. The maximum absolute atomic E-state index is 13.8. The monoisotopic (exact) mass is 370 g/mol. The molecule has 1 fully saturated rings. The molecule has 1 aliphatic heterocycles. The lowest BCUT2D eigenvalue weighted by atomic mass is 10.1. The number of thiophene rings is 1. The summed E-state index contributed by atoms with van der Waals surface area (Å²) >= 11 is 1.70. The summed E-state index contributed by atoms with van der Waals surface area (Å²) in [5.41, 5.74) is 0.384. The van der Waals surface area contributed by atoms with Crippen molar-refractivity contribution >= 4 is 17.2 Å². The van der Waals surface area contributed by atoms with Crippen LogP contribution in [0.1, 0.15) is 36.1 Å². The molecule has 1 atom stereocenters. The smallest absolute Gasteiger partial charge is 0.223 e. The zero-order chi connectivity index (χ0) is 17.9. The SMILES string of the molecule is O=C(CCc1ncc(-c2ccccc2F)o1)N1CCCC1c1cccs1. The molecule has 1 amide bonds. The quantitative estimate of drug-likeness (QED) is 0.646. The van der Waals surface area contributed by atoms with Crippen LogP contribution in [0.4, 0.5) is 4.39 Å². The van der Waals surface area contributed by atoms with E-state index in [2.05, 4.69) is 11.1 Å². The van der Waals surface area contributed by atoms with E-state index in [0.29, 0.717) is 30.1 Å². The molecule has 4 nitrogen and oxygen atoms in total. The number of aromatic nitrogens is 1. The molecule has 0 saturated carbocycles. The number of carbonyl (C=O) groups excluding carboxylic acids is 1. The second kappa shape index (κ2) is 7.41. The minimum Gasteiger partial charge on any atom is -0.441 e. The summed E-state index contributed by atoms with van der Waals surface area (Å²) in [7, 11) is 0. The number of carbonyl (C=O) groups is 1. The third kappa shape index (κ3) is 3.42. The highest BCUT2D eigenvalue weighted by Gasteiger charge is 2.30. The molecule has 0 aliphatic carbocycles. The molecule has 0 N–H and O–H groups in total. The van der Waals surface area contributed by atoms with Crippen molar-refractivity contribution in [3.05, 3.63) is 64.6 Å². The topological polar surface area (TPSA) is 46.3 Å². The predicted molar refractivity (Wildman–Crippen MR) is 98.2 cm³/mol. The second-order valence-corrected chi connectivity index (χ2v) is 7.34. The van der Waals surface area contributed by atoms with E-state index in [9.17, 15) is 9.18 Å². The van der Waals surface area contributed by atoms with Gasteiger partial charge in [-0.15, -0.1) is 11.3 Å². The number of hydrogen-bond donors (Lipinski definition) is 0. The lowest BCUT2D eigenvalue weighted by Gasteiger charge is -2.23. The van der Waals surface area contributed by atoms with Gasteiger partial charge < -0.3 is 9.32 Å². The van der Waals surface area contributed by atoms with Gasteiger partial charge in [-0.25, -0.2) is 9.37 Å². The fourth-order valence-corrected chi connectivity index (χ4v) is 4.28. The maximum atomic E-state index is 13.8. The third-order valence-electron chi connectivity index (χ3n) is 4.69. The van der Waals surface area contributed by atoms with Gasteiger partial charge in [0.25, 0.3) is 0 Å². The van der Waals surface area contributed by atoms with Crippen molar-refractivity contribution in [1.82, 2.24) is 9.88 Å².